The van der Waals surface area contributed by atoms with Gasteiger partial charge < -0.3 is 9.84 Å². The smallest absolute Gasteiger partial charge is 0.261 e. The van der Waals surface area contributed by atoms with E-state index < -0.39 is 0 Å². The van der Waals surface area contributed by atoms with Gasteiger partial charge in [-0.1, -0.05) is 25.9 Å². The summed E-state index contributed by atoms with van der Waals surface area (Å²) in [5.74, 6) is 1.69. The molecule has 3 heterocycles. The van der Waals surface area contributed by atoms with E-state index in [-0.39, 0.29) is 0 Å². The second-order valence-corrected chi connectivity index (χ2v) is 6.01. The Bertz CT molecular complexity index is 825. The van der Waals surface area contributed by atoms with Crippen molar-refractivity contribution in [2.45, 2.75) is 34.1 Å². The number of aromatic nitrogens is 4. The molecule has 0 saturated heterocycles. The monoisotopic (exact) mass is 311 g/mol. The van der Waals surface area contributed by atoms with Crippen LogP contribution in [-0.4, -0.2) is 26.7 Å². The van der Waals surface area contributed by atoms with Crippen molar-refractivity contribution >= 4 is 16.7 Å². The summed E-state index contributed by atoms with van der Waals surface area (Å²) < 4.78 is 5.40. The Kier molecular flexibility index (Phi) is 4.23. The van der Waals surface area contributed by atoms with Crippen LogP contribution in [0, 0.1) is 12.8 Å². The normalized spacial score (nSPS) is 11.3. The van der Waals surface area contributed by atoms with E-state index in [0.717, 1.165) is 40.9 Å². The number of aryl methyl sites for hydroxylation is 2. The van der Waals surface area contributed by atoms with Gasteiger partial charge in [0.15, 0.2) is 11.5 Å². The van der Waals surface area contributed by atoms with E-state index in [9.17, 15) is 0 Å². The molecular weight excluding hydrogens is 290 g/mol. The van der Waals surface area contributed by atoms with Crippen molar-refractivity contribution in [1.82, 2.24) is 20.1 Å². The lowest BCUT2D eigenvalue weighted by Gasteiger charge is -2.14. The molecule has 0 fully saturated rings. The maximum absolute atomic E-state index is 5.40. The standard InChI is InChI=1S/C17H21N5O/c1-5-14-21-17(23-22-14)13-9-19-16-12(7-6-11(4)20-16)15(13)18-8-10(2)3/h6-7,9-10H,5,8H2,1-4H3,(H,18,19,20). The number of nitrogens with zero attached hydrogens (tertiary/aromatic N) is 4. The highest BCUT2D eigenvalue weighted by Gasteiger charge is 2.17. The van der Waals surface area contributed by atoms with E-state index in [4.69, 9.17) is 4.52 Å². The Morgan fingerprint density at radius 2 is 2.04 bits per heavy atom. The van der Waals surface area contributed by atoms with Gasteiger partial charge in [-0.25, -0.2) is 9.97 Å². The number of nitrogens with one attached hydrogen (secondary N) is 1. The summed E-state index contributed by atoms with van der Waals surface area (Å²) in [6.07, 6.45) is 2.49. The Morgan fingerprint density at radius 1 is 1.22 bits per heavy atom. The van der Waals surface area contributed by atoms with Crippen LogP contribution in [0.1, 0.15) is 32.3 Å². The summed E-state index contributed by atoms with van der Waals surface area (Å²) in [5, 5.41) is 8.44. The zero-order valence-corrected chi connectivity index (χ0v) is 13.9. The van der Waals surface area contributed by atoms with Crippen LogP contribution in [0.5, 0.6) is 0 Å². The molecule has 0 unspecified atom stereocenters. The molecule has 0 bridgehead atoms. The van der Waals surface area contributed by atoms with E-state index >= 15 is 0 Å². The minimum atomic E-state index is 0.489. The third-order valence-electron chi connectivity index (χ3n) is 3.57. The first kappa shape index (κ1) is 15.4. The summed E-state index contributed by atoms with van der Waals surface area (Å²) in [6.45, 7) is 9.13. The van der Waals surface area contributed by atoms with Gasteiger partial charge in [-0.05, 0) is 25.0 Å². The summed E-state index contributed by atoms with van der Waals surface area (Å²) in [7, 11) is 0. The van der Waals surface area contributed by atoms with Gasteiger partial charge in [0.25, 0.3) is 5.89 Å². The third-order valence-corrected chi connectivity index (χ3v) is 3.57. The Hall–Kier alpha value is -2.50. The Labute approximate surface area is 135 Å². The van der Waals surface area contributed by atoms with Crippen LogP contribution in [-0.2, 0) is 6.42 Å². The quantitative estimate of drug-likeness (QED) is 0.775. The number of pyridine rings is 2. The minimum Gasteiger partial charge on any atom is -0.383 e. The Balaban J connectivity index is 2.15. The van der Waals surface area contributed by atoms with Gasteiger partial charge in [0.05, 0.1) is 11.3 Å². The third kappa shape index (κ3) is 3.16. The van der Waals surface area contributed by atoms with Gasteiger partial charge in [-0.2, -0.15) is 4.98 Å². The number of hydrogen-bond acceptors (Lipinski definition) is 6. The molecule has 0 amide bonds. The van der Waals surface area contributed by atoms with Gasteiger partial charge >= 0.3 is 0 Å². The molecule has 0 spiro atoms. The van der Waals surface area contributed by atoms with Crippen molar-refractivity contribution in [3.63, 3.8) is 0 Å². The van der Waals surface area contributed by atoms with E-state index in [1.807, 2.05) is 26.0 Å². The van der Waals surface area contributed by atoms with Crippen LogP contribution >= 0.6 is 0 Å². The number of anilines is 1. The second kappa shape index (κ2) is 6.32. The molecule has 0 radical (unpaired) electrons. The maximum Gasteiger partial charge on any atom is 0.261 e. The van der Waals surface area contributed by atoms with Crippen LogP contribution in [0.2, 0.25) is 0 Å². The van der Waals surface area contributed by atoms with E-state index in [1.165, 1.54) is 0 Å². The molecule has 0 aliphatic heterocycles. The molecule has 1 N–H and O–H groups in total. The number of hydrogen-bond donors (Lipinski definition) is 1. The molecule has 0 aromatic carbocycles. The lowest BCUT2D eigenvalue weighted by molar-refractivity contribution is 0.423. The number of fused-ring (bicyclic) bond motifs is 1. The SMILES string of the molecule is CCc1noc(-c2cnc3nc(C)ccc3c2NCC(C)C)n1. The molecule has 120 valence electrons. The molecule has 6 heteroatoms. The molecule has 23 heavy (non-hydrogen) atoms. The highest BCUT2D eigenvalue weighted by Crippen LogP contribution is 2.32. The van der Waals surface area contributed by atoms with Gasteiger partial charge in [0, 0.05) is 30.2 Å². The highest BCUT2D eigenvalue weighted by molar-refractivity contribution is 5.96. The molecule has 0 aliphatic carbocycles. The maximum atomic E-state index is 5.40. The fraction of sp³-hybridized carbons (Fsp3) is 0.412. The van der Waals surface area contributed by atoms with Crippen molar-refractivity contribution in [1.29, 1.82) is 0 Å². The average Bonchev–Trinajstić information content (AvgIpc) is 3.00. The second-order valence-electron chi connectivity index (χ2n) is 6.01. The van der Waals surface area contributed by atoms with Crippen molar-refractivity contribution < 1.29 is 4.52 Å². The highest BCUT2D eigenvalue weighted by atomic mass is 16.5. The zero-order chi connectivity index (χ0) is 16.4. The van der Waals surface area contributed by atoms with Crippen molar-refractivity contribution in [2.75, 3.05) is 11.9 Å². The van der Waals surface area contributed by atoms with Crippen molar-refractivity contribution in [2.24, 2.45) is 5.92 Å². The van der Waals surface area contributed by atoms with Crippen LogP contribution in [0.3, 0.4) is 0 Å². The van der Waals surface area contributed by atoms with Crippen molar-refractivity contribution in [3.05, 3.63) is 29.8 Å². The lowest BCUT2D eigenvalue weighted by atomic mass is 10.1. The Morgan fingerprint density at radius 3 is 2.74 bits per heavy atom. The molecule has 0 atom stereocenters. The van der Waals surface area contributed by atoms with Crippen LogP contribution in [0.25, 0.3) is 22.5 Å². The summed E-state index contributed by atoms with van der Waals surface area (Å²) in [5.41, 5.74) is 3.42. The molecule has 3 aromatic heterocycles. The minimum absolute atomic E-state index is 0.489. The molecule has 0 saturated carbocycles. The average molecular weight is 311 g/mol. The fourth-order valence-electron chi connectivity index (χ4n) is 2.34. The predicted molar refractivity (Wildman–Crippen MR) is 90.3 cm³/mol. The zero-order valence-electron chi connectivity index (χ0n) is 13.9. The van der Waals surface area contributed by atoms with Crippen LogP contribution in [0.4, 0.5) is 5.69 Å². The molecular formula is C17H21N5O. The largest absolute Gasteiger partial charge is 0.383 e. The number of rotatable bonds is 5. The van der Waals surface area contributed by atoms with E-state index in [1.54, 1.807) is 6.20 Å². The molecule has 6 nitrogen and oxygen atoms in total. The van der Waals surface area contributed by atoms with Gasteiger partial charge in [-0.15, -0.1) is 0 Å². The fourth-order valence-corrected chi connectivity index (χ4v) is 2.34. The molecule has 3 rings (SSSR count). The van der Waals surface area contributed by atoms with Crippen LogP contribution < -0.4 is 5.32 Å². The molecule has 0 aliphatic rings. The summed E-state index contributed by atoms with van der Waals surface area (Å²) in [4.78, 5) is 13.4. The van der Waals surface area contributed by atoms with Gasteiger partial charge in [0.1, 0.15) is 0 Å². The predicted octanol–water partition coefficient (Wildman–Crippen LogP) is 3.62. The van der Waals surface area contributed by atoms with E-state index in [0.29, 0.717) is 17.6 Å². The van der Waals surface area contributed by atoms with E-state index in [2.05, 4.69) is 39.3 Å². The van der Waals surface area contributed by atoms with Crippen LogP contribution in [0.15, 0.2) is 22.9 Å². The summed E-state index contributed by atoms with van der Waals surface area (Å²) >= 11 is 0. The van der Waals surface area contributed by atoms with Gasteiger partial charge in [0.2, 0.25) is 0 Å². The first-order chi connectivity index (χ1) is 11.1. The first-order valence-corrected chi connectivity index (χ1v) is 7.91. The topological polar surface area (TPSA) is 76.7 Å². The summed E-state index contributed by atoms with van der Waals surface area (Å²) in [6, 6.07) is 4.02. The lowest BCUT2D eigenvalue weighted by Crippen LogP contribution is -2.10. The first-order valence-electron chi connectivity index (χ1n) is 7.91. The van der Waals surface area contributed by atoms with Gasteiger partial charge in [-0.3, -0.25) is 0 Å². The molecule has 3 aromatic rings. The van der Waals surface area contributed by atoms with Crippen molar-refractivity contribution in [3.8, 4) is 11.5 Å².